The zero-order chi connectivity index (χ0) is 19.4. The lowest BCUT2D eigenvalue weighted by atomic mass is 10.1. The Bertz CT molecular complexity index is 838. The first kappa shape index (κ1) is 20.3. The molecule has 0 aliphatic rings. The molecule has 0 saturated carbocycles. The van der Waals surface area contributed by atoms with Crippen LogP contribution in [0.1, 0.15) is 39.5 Å². The monoisotopic (exact) mass is 380 g/mol. The maximum atomic E-state index is 11.5. The van der Waals surface area contributed by atoms with Gasteiger partial charge in [-0.3, -0.25) is 4.99 Å². The van der Waals surface area contributed by atoms with Crippen LogP contribution in [0.4, 0.5) is 0 Å². The number of benzene rings is 1. The summed E-state index contributed by atoms with van der Waals surface area (Å²) in [6, 6.07) is 9.77. The Morgan fingerprint density at radius 2 is 2.00 bits per heavy atom. The molecule has 1 aromatic heterocycles. The van der Waals surface area contributed by atoms with E-state index in [0.717, 1.165) is 23.0 Å². The zero-order valence-corrected chi connectivity index (χ0v) is 16.8. The van der Waals surface area contributed by atoms with Crippen molar-refractivity contribution < 1.29 is 12.8 Å². The second-order valence-electron chi connectivity index (χ2n) is 7.01. The van der Waals surface area contributed by atoms with Gasteiger partial charge in [-0.05, 0) is 39.8 Å². The number of sulfonamides is 1. The molecule has 0 bridgehead atoms. The first-order chi connectivity index (χ1) is 12.1. The average Bonchev–Trinajstić information content (AvgIpc) is 2.95. The summed E-state index contributed by atoms with van der Waals surface area (Å²) in [4.78, 5) is 4.51. The number of nitrogens with zero attached hydrogens (tertiary/aromatic N) is 1. The van der Waals surface area contributed by atoms with Crippen LogP contribution in [-0.4, -0.2) is 39.3 Å². The van der Waals surface area contributed by atoms with Crippen molar-refractivity contribution >= 4 is 27.0 Å². The Balaban J connectivity index is 2.10. The minimum atomic E-state index is -3.30. The van der Waals surface area contributed by atoms with Crippen molar-refractivity contribution in [1.29, 1.82) is 0 Å². The molecule has 1 aromatic carbocycles. The molecule has 26 heavy (non-hydrogen) atoms. The largest absolute Gasteiger partial charge is 0.459 e. The summed E-state index contributed by atoms with van der Waals surface area (Å²) in [6.07, 6.45) is 1.14. The molecular formula is C18H28N4O3S. The number of hydrogen-bond donors (Lipinski definition) is 3. The van der Waals surface area contributed by atoms with Gasteiger partial charge in [0, 0.05) is 17.5 Å². The fraction of sp³-hybridized carbons (Fsp3) is 0.500. The van der Waals surface area contributed by atoms with Crippen LogP contribution in [0.2, 0.25) is 0 Å². The molecule has 0 aliphatic heterocycles. The van der Waals surface area contributed by atoms with E-state index in [2.05, 4.69) is 20.3 Å². The van der Waals surface area contributed by atoms with E-state index in [1.807, 2.05) is 44.2 Å². The zero-order valence-electron chi connectivity index (χ0n) is 16.0. The van der Waals surface area contributed by atoms with Crippen LogP contribution in [0.5, 0.6) is 0 Å². The van der Waals surface area contributed by atoms with Crippen LogP contribution in [0, 0.1) is 0 Å². The van der Waals surface area contributed by atoms with E-state index in [1.165, 1.54) is 0 Å². The van der Waals surface area contributed by atoms with Crippen LogP contribution in [0.15, 0.2) is 39.7 Å². The molecule has 0 saturated heterocycles. The first-order valence-corrected chi connectivity index (χ1v) is 10.5. The van der Waals surface area contributed by atoms with Crippen molar-refractivity contribution in [3.05, 3.63) is 36.1 Å². The molecular weight excluding hydrogens is 352 g/mol. The fourth-order valence-corrected chi connectivity index (χ4v) is 3.69. The van der Waals surface area contributed by atoms with Gasteiger partial charge in [-0.15, -0.1) is 0 Å². The quantitative estimate of drug-likeness (QED) is 0.506. The number of aliphatic imine (C=N–C) groups is 1. The van der Waals surface area contributed by atoms with E-state index in [0.29, 0.717) is 19.0 Å². The van der Waals surface area contributed by atoms with E-state index in [4.69, 9.17) is 4.42 Å². The topological polar surface area (TPSA) is 95.7 Å². The van der Waals surface area contributed by atoms with Gasteiger partial charge in [0.25, 0.3) is 0 Å². The van der Waals surface area contributed by atoms with Crippen molar-refractivity contribution in [3.63, 3.8) is 0 Å². The average molecular weight is 381 g/mol. The molecule has 0 aliphatic carbocycles. The highest BCUT2D eigenvalue weighted by atomic mass is 32.2. The number of furan rings is 1. The summed E-state index contributed by atoms with van der Waals surface area (Å²) in [7, 11) is -3.30. The summed E-state index contributed by atoms with van der Waals surface area (Å²) in [6.45, 7) is 8.54. The van der Waals surface area contributed by atoms with Crippen LogP contribution in [0.3, 0.4) is 0 Å². The Morgan fingerprint density at radius 1 is 1.31 bits per heavy atom. The predicted octanol–water partition coefficient (Wildman–Crippen LogP) is 2.38. The number of rotatable bonds is 7. The molecule has 3 N–H and O–H groups in total. The Kier molecular flexibility index (Phi) is 6.30. The fourth-order valence-electron chi connectivity index (χ4n) is 2.62. The third-order valence-corrected chi connectivity index (χ3v) is 4.59. The molecule has 0 spiro atoms. The van der Waals surface area contributed by atoms with Gasteiger partial charge in [0.2, 0.25) is 10.0 Å². The van der Waals surface area contributed by atoms with E-state index < -0.39 is 15.6 Å². The van der Waals surface area contributed by atoms with Crippen LogP contribution in [0.25, 0.3) is 11.0 Å². The first-order valence-electron chi connectivity index (χ1n) is 8.62. The van der Waals surface area contributed by atoms with Crippen molar-refractivity contribution in [2.45, 2.75) is 39.3 Å². The van der Waals surface area contributed by atoms with E-state index in [-0.39, 0.29) is 6.04 Å². The van der Waals surface area contributed by atoms with Crippen molar-refractivity contribution in [3.8, 4) is 0 Å². The lowest BCUT2D eigenvalue weighted by Gasteiger charge is -2.24. The lowest BCUT2D eigenvalue weighted by molar-refractivity contribution is 0.461. The minimum Gasteiger partial charge on any atom is -0.459 e. The van der Waals surface area contributed by atoms with Crippen LogP contribution < -0.4 is 15.4 Å². The van der Waals surface area contributed by atoms with Gasteiger partial charge in [0.1, 0.15) is 11.3 Å². The number of fused-ring (bicyclic) bond motifs is 1. The summed E-state index contributed by atoms with van der Waals surface area (Å²) in [5, 5.41) is 7.52. The molecule has 0 amide bonds. The van der Waals surface area contributed by atoms with Crippen molar-refractivity contribution in [2.75, 3.05) is 19.3 Å². The Hall–Kier alpha value is -2.06. The molecule has 144 valence electrons. The SMILES string of the molecule is CCNC(=NCC(C)(C)NS(C)(=O)=O)NC(C)c1cc2ccccc2o1. The smallest absolute Gasteiger partial charge is 0.209 e. The molecule has 7 nitrogen and oxygen atoms in total. The predicted molar refractivity (Wildman–Crippen MR) is 106 cm³/mol. The van der Waals surface area contributed by atoms with E-state index in [9.17, 15) is 8.42 Å². The van der Waals surface area contributed by atoms with Gasteiger partial charge in [0.15, 0.2) is 5.96 Å². The second-order valence-corrected chi connectivity index (χ2v) is 8.75. The molecule has 2 aromatic rings. The van der Waals surface area contributed by atoms with Gasteiger partial charge in [-0.1, -0.05) is 18.2 Å². The molecule has 1 heterocycles. The summed E-state index contributed by atoms with van der Waals surface area (Å²) >= 11 is 0. The maximum Gasteiger partial charge on any atom is 0.209 e. The van der Waals surface area contributed by atoms with Crippen LogP contribution in [-0.2, 0) is 10.0 Å². The molecule has 0 radical (unpaired) electrons. The van der Waals surface area contributed by atoms with E-state index in [1.54, 1.807) is 13.8 Å². The molecule has 2 rings (SSSR count). The Labute approximate surface area is 155 Å². The van der Waals surface area contributed by atoms with E-state index >= 15 is 0 Å². The third kappa shape index (κ3) is 6.03. The second kappa shape index (κ2) is 8.09. The molecule has 1 atom stereocenters. The van der Waals surface area contributed by atoms with Gasteiger partial charge >= 0.3 is 0 Å². The summed E-state index contributed by atoms with van der Waals surface area (Å²) < 4.78 is 31.4. The highest BCUT2D eigenvalue weighted by Gasteiger charge is 2.22. The number of para-hydroxylation sites is 1. The molecule has 8 heteroatoms. The number of hydrogen-bond acceptors (Lipinski definition) is 4. The summed E-state index contributed by atoms with van der Waals surface area (Å²) in [5.41, 5.74) is 0.162. The minimum absolute atomic E-state index is 0.0915. The van der Waals surface area contributed by atoms with Gasteiger partial charge in [-0.25, -0.2) is 13.1 Å². The Morgan fingerprint density at radius 3 is 2.62 bits per heavy atom. The third-order valence-electron chi connectivity index (χ3n) is 3.66. The standard InChI is InChI=1S/C18H28N4O3S/c1-6-19-17(20-12-18(3,4)22-26(5,23)24)21-13(2)16-11-14-9-7-8-10-15(14)25-16/h7-11,13,22H,6,12H2,1-5H3,(H2,19,20,21). The normalized spacial score (nSPS) is 14.4. The summed E-state index contributed by atoms with van der Waals surface area (Å²) in [5.74, 6) is 1.41. The maximum absolute atomic E-state index is 11.5. The highest BCUT2D eigenvalue weighted by Crippen LogP contribution is 2.23. The number of guanidine groups is 1. The van der Waals surface area contributed by atoms with Gasteiger partial charge < -0.3 is 15.1 Å². The molecule has 1 unspecified atom stereocenters. The van der Waals surface area contributed by atoms with Gasteiger partial charge in [0.05, 0.1) is 18.8 Å². The highest BCUT2D eigenvalue weighted by molar-refractivity contribution is 7.88. The van der Waals surface area contributed by atoms with Gasteiger partial charge in [-0.2, -0.15) is 0 Å². The molecule has 0 fully saturated rings. The van der Waals surface area contributed by atoms with Crippen molar-refractivity contribution in [2.24, 2.45) is 4.99 Å². The lowest BCUT2D eigenvalue weighted by Crippen LogP contribution is -2.47. The van der Waals surface area contributed by atoms with Crippen molar-refractivity contribution in [1.82, 2.24) is 15.4 Å². The van der Waals surface area contributed by atoms with Crippen LogP contribution >= 0.6 is 0 Å². The number of nitrogens with one attached hydrogen (secondary N) is 3.